The fourth-order valence-electron chi connectivity index (χ4n) is 1.29. The molecule has 0 amide bonds. The predicted molar refractivity (Wildman–Crippen MR) is 72.7 cm³/mol. The Hall–Kier alpha value is -1.67. The third-order valence-corrected chi connectivity index (χ3v) is 2.15. The van der Waals surface area contributed by atoms with Crippen LogP contribution < -0.4 is 0 Å². The van der Waals surface area contributed by atoms with Crippen LogP contribution in [0.25, 0.3) is 0 Å². The fourth-order valence-corrected chi connectivity index (χ4v) is 1.29. The van der Waals surface area contributed by atoms with Crippen LogP contribution in [0.4, 0.5) is 0 Å². The summed E-state index contributed by atoms with van der Waals surface area (Å²) in [6.45, 7) is 9.52. The molecule has 0 unspecified atom stereocenters. The number of ketones is 1. The zero-order valence-electron chi connectivity index (χ0n) is 10.7. The Kier molecular flexibility index (Phi) is 6.83. The van der Waals surface area contributed by atoms with E-state index >= 15 is 0 Å². The molecule has 0 aromatic rings. The number of carbonyl (C=O) groups is 1. The van der Waals surface area contributed by atoms with Gasteiger partial charge in [0.2, 0.25) is 0 Å². The quantitative estimate of drug-likeness (QED) is 0.759. The van der Waals surface area contributed by atoms with E-state index in [4.69, 9.17) is 0 Å². The van der Waals surface area contributed by atoms with Crippen molar-refractivity contribution < 1.29 is 9.90 Å². The lowest BCUT2D eigenvalue weighted by atomic mass is 9.89. The van der Waals surface area contributed by atoms with Crippen LogP contribution in [-0.2, 0) is 4.79 Å². The Bertz CT molecular complexity index is 366. The van der Waals surface area contributed by atoms with Crippen LogP contribution in [-0.4, -0.2) is 16.5 Å². The Balaban J connectivity index is 0.00000121. The maximum atomic E-state index is 10.9. The number of hydrogen-bond donors (Lipinski definition) is 1. The van der Waals surface area contributed by atoms with Gasteiger partial charge in [-0.05, 0) is 36.8 Å². The van der Waals surface area contributed by atoms with Crippen molar-refractivity contribution in [3.8, 4) is 0 Å². The van der Waals surface area contributed by atoms with Gasteiger partial charge in [0.25, 0.3) is 0 Å². The first-order valence-electron chi connectivity index (χ1n) is 5.73. The normalized spacial score (nSPS) is 17.9. The van der Waals surface area contributed by atoms with Crippen molar-refractivity contribution >= 4 is 5.78 Å². The minimum absolute atomic E-state index is 0.117. The average Bonchev–Trinajstić information content (AvgIpc) is 2.37. The van der Waals surface area contributed by atoms with Gasteiger partial charge in [-0.25, -0.2) is 0 Å². The molecule has 0 spiro atoms. The molecule has 0 heterocycles. The standard InChI is InChI=1S/C13H14O2.C2H6/c1-3-5-6-11(4-2)13(15)9-7-12(14)8-10-13;1-2/h3-10,15H,2H2,1H3;1-2H3/b5-3-,11-6+;. The number of aliphatic hydroxyl groups is 1. The zero-order chi connectivity index (χ0) is 13.3. The fraction of sp³-hybridized carbons (Fsp3) is 0.267. The lowest BCUT2D eigenvalue weighted by molar-refractivity contribution is -0.110. The Morgan fingerprint density at radius 1 is 1.35 bits per heavy atom. The molecule has 0 fully saturated rings. The van der Waals surface area contributed by atoms with E-state index in [9.17, 15) is 9.90 Å². The van der Waals surface area contributed by atoms with E-state index in [0.717, 1.165) is 0 Å². The van der Waals surface area contributed by atoms with Gasteiger partial charge in [0.1, 0.15) is 5.60 Å². The van der Waals surface area contributed by atoms with Gasteiger partial charge in [-0.2, -0.15) is 0 Å². The van der Waals surface area contributed by atoms with Crippen molar-refractivity contribution in [3.63, 3.8) is 0 Å². The van der Waals surface area contributed by atoms with Crippen LogP contribution in [0.15, 0.2) is 60.8 Å². The van der Waals surface area contributed by atoms with Gasteiger partial charge in [0, 0.05) is 0 Å². The molecule has 0 bridgehead atoms. The molecule has 0 saturated heterocycles. The molecule has 0 radical (unpaired) electrons. The van der Waals surface area contributed by atoms with Crippen molar-refractivity contribution in [2.75, 3.05) is 0 Å². The molecule has 0 aromatic carbocycles. The van der Waals surface area contributed by atoms with Gasteiger partial charge < -0.3 is 5.11 Å². The lowest BCUT2D eigenvalue weighted by Crippen LogP contribution is -2.27. The first-order chi connectivity index (χ1) is 8.12. The highest BCUT2D eigenvalue weighted by Crippen LogP contribution is 2.24. The van der Waals surface area contributed by atoms with Crippen molar-refractivity contribution in [1.29, 1.82) is 0 Å². The molecular formula is C15H20O2. The number of carbonyl (C=O) groups excluding carboxylic acids is 1. The first kappa shape index (κ1) is 15.3. The molecule has 92 valence electrons. The summed E-state index contributed by atoms with van der Waals surface area (Å²) in [5.74, 6) is -0.117. The van der Waals surface area contributed by atoms with Crippen LogP contribution in [0.1, 0.15) is 20.8 Å². The summed E-state index contributed by atoms with van der Waals surface area (Å²) in [5.41, 5.74) is -0.574. The molecule has 1 N–H and O–H groups in total. The SMILES string of the molecule is C=C/C(=C\C=C/C)C1(O)C=CC(=O)C=C1.CC. The minimum Gasteiger partial charge on any atom is -0.377 e. The summed E-state index contributed by atoms with van der Waals surface area (Å²) in [7, 11) is 0. The average molecular weight is 232 g/mol. The molecule has 0 aromatic heterocycles. The van der Waals surface area contributed by atoms with Gasteiger partial charge in [-0.1, -0.05) is 44.7 Å². The minimum atomic E-state index is -1.21. The second-order valence-electron chi connectivity index (χ2n) is 3.25. The van der Waals surface area contributed by atoms with E-state index in [1.165, 1.54) is 24.3 Å². The first-order valence-corrected chi connectivity index (χ1v) is 5.73. The van der Waals surface area contributed by atoms with Gasteiger partial charge in [-0.3, -0.25) is 4.79 Å². The second-order valence-corrected chi connectivity index (χ2v) is 3.25. The summed E-state index contributed by atoms with van der Waals surface area (Å²) in [6, 6.07) is 0. The van der Waals surface area contributed by atoms with Gasteiger partial charge in [0.05, 0.1) is 0 Å². The third kappa shape index (κ3) is 4.37. The van der Waals surface area contributed by atoms with Crippen LogP contribution >= 0.6 is 0 Å². The Labute approximate surface area is 103 Å². The molecular weight excluding hydrogens is 212 g/mol. The maximum Gasteiger partial charge on any atom is 0.178 e. The second kappa shape index (κ2) is 7.58. The van der Waals surface area contributed by atoms with E-state index in [1.807, 2.05) is 32.9 Å². The summed E-state index contributed by atoms with van der Waals surface area (Å²) in [5, 5.41) is 10.2. The molecule has 2 nitrogen and oxygen atoms in total. The highest BCUT2D eigenvalue weighted by atomic mass is 16.3. The van der Waals surface area contributed by atoms with Crippen LogP contribution in [0, 0.1) is 0 Å². The van der Waals surface area contributed by atoms with E-state index in [2.05, 4.69) is 6.58 Å². The van der Waals surface area contributed by atoms with E-state index in [0.29, 0.717) is 5.57 Å². The molecule has 0 aliphatic heterocycles. The topological polar surface area (TPSA) is 37.3 Å². The molecule has 17 heavy (non-hydrogen) atoms. The highest BCUT2D eigenvalue weighted by molar-refractivity contribution is 6.00. The van der Waals surface area contributed by atoms with E-state index < -0.39 is 5.60 Å². The molecule has 0 atom stereocenters. The summed E-state index contributed by atoms with van der Waals surface area (Å²) < 4.78 is 0. The zero-order valence-corrected chi connectivity index (χ0v) is 10.7. The highest BCUT2D eigenvalue weighted by Gasteiger charge is 2.25. The van der Waals surface area contributed by atoms with Crippen molar-refractivity contribution in [2.45, 2.75) is 26.4 Å². The molecule has 1 aliphatic rings. The van der Waals surface area contributed by atoms with E-state index in [1.54, 1.807) is 12.2 Å². The summed E-state index contributed by atoms with van der Waals surface area (Å²) in [4.78, 5) is 10.9. The van der Waals surface area contributed by atoms with Crippen LogP contribution in [0.3, 0.4) is 0 Å². The van der Waals surface area contributed by atoms with Crippen molar-refractivity contribution in [3.05, 3.63) is 60.8 Å². The van der Waals surface area contributed by atoms with Crippen LogP contribution in [0.2, 0.25) is 0 Å². The van der Waals surface area contributed by atoms with Gasteiger partial charge in [-0.15, -0.1) is 0 Å². The van der Waals surface area contributed by atoms with Gasteiger partial charge in [0.15, 0.2) is 5.78 Å². The lowest BCUT2D eigenvalue weighted by Gasteiger charge is -2.23. The van der Waals surface area contributed by atoms with E-state index in [-0.39, 0.29) is 5.78 Å². The van der Waals surface area contributed by atoms with Gasteiger partial charge >= 0.3 is 0 Å². The van der Waals surface area contributed by atoms with Crippen LogP contribution in [0.5, 0.6) is 0 Å². The third-order valence-electron chi connectivity index (χ3n) is 2.15. The van der Waals surface area contributed by atoms with Crippen molar-refractivity contribution in [1.82, 2.24) is 0 Å². The molecule has 1 rings (SSSR count). The summed E-state index contributed by atoms with van der Waals surface area (Å²) >= 11 is 0. The Morgan fingerprint density at radius 2 is 1.88 bits per heavy atom. The largest absolute Gasteiger partial charge is 0.377 e. The number of rotatable bonds is 3. The molecule has 2 heteroatoms. The summed E-state index contributed by atoms with van der Waals surface area (Å²) in [6.07, 6.45) is 12.6. The Morgan fingerprint density at radius 3 is 2.29 bits per heavy atom. The van der Waals surface area contributed by atoms with Crippen molar-refractivity contribution in [2.24, 2.45) is 0 Å². The number of allylic oxidation sites excluding steroid dienone is 5. The predicted octanol–water partition coefficient (Wildman–Crippen LogP) is 3.13. The number of hydrogen-bond acceptors (Lipinski definition) is 2. The molecule has 0 saturated carbocycles. The smallest absolute Gasteiger partial charge is 0.178 e. The maximum absolute atomic E-state index is 10.9. The monoisotopic (exact) mass is 232 g/mol. The molecule has 1 aliphatic carbocycles.